The number of rotatable bonds is 0. The molecular formula is C12H9N3. The Labute approximate surface area is 87.2 Å². The van der Waals surface area contributed by atoms with Gasteiger partial charge >= 0.3 is 0 Å². The summed E-state index contributed by atoms with van der Waals surface area (Å²) in [5.41, 5.74) is 3.97. The first kappa shape index (κ1) is 8.17. The standard InChI is InChI=1S/C12H9N3/c1-2-6-14-11-9(3-1)4-5-10-12(11)15-8-7-13-10/h1-8,14H. The fourth-order valence-corrected chi connectivity index (χ4v) is 1.69. The van der Waals surface area contributed by atoms with E-state index < -0.39 is 0 Å². The zero-order chi connectivity index (χ0) is 10.1. The van der Waals surface area contributed by atoms with Crippen LogP contribution in [0.2, 0.25) is 0 Å². The molecule has 15 heavy (non-hydrogen) atoms. The molecule has 0 saturated heterocycles. The molecule has 0 bridgehead atoms. The van der Waals surface area contributed by atoms with E-state index in [0.29, 0.717) is 0 Å². The predicted octanol–water partition coefficient (Wildman–Crippen LogP) is 2.58. The van der Waals surface area contributed by atoms with Gasteiger partial charge in [-0.3, -0.25) is 9.97 Å². The second-order valence-electron chi connectivity index (χ2n) is 3.32. The van der Waals surface area contributed by atoms with Gasteiger partial charge in [-0.1, -0.05) is 18.2 Å². The van der Waals surface area contributed by atoms with Gasteiger partial charge in [0.25, 0.3) is 0 Å². The molecule has 0 saturated carbocycles. The lowest BCUT2D eigenvalue weighted by Gasteiger charge is -2.07. The zero-order valence-corrected chi connectivity index (χ0v) is 8.01. The van der Waals surface area contributed by atoms with Crippen molar-refractivity contribution in [2.24, 2.45) is 0 Å². The van der Waals surface area contributed by atoms with Crippen LogP contribution in [0, 0.1) is 0 Å². The first-order chi connectivity index (χ1) is 7.45. The average Bonchev–Trinajstić information content (AvgIpc) is 2.54. The maximum Gasteiger partial charge on any atom is 0.113 e. The smallest absolute Gasteiger partial charge is 0.113 e. The van der Waals surface area contributed by atoms with Crippen LogP contribution in [-0.2, 0) is 0 Å². The van der Waals surface area contributed by atoms with Crippen LogP contribution < -0.4 is 5.32 Å². The fraction of sp³-hybridized carbons (Fsp3) is 0. The quantitative estimate of drug-likeness (QED) is 0.702. The molecule has 0 amide bonds. The molecule has 1 aromatic heterocycles. The van der Waals surface area contributed by atoms with Crippen molar-refractivity contribution in [1.29, 1.82) is 0 Å². The molecule has 0 aliphatic carbocycles. The van der Waals surface area contributed by atoms with Gasteiger partial charge in [-0.2, -0.15) is 0 Å². The number of benzene rings is 1. The number of nitrogens with zero attached hydrogens (tertiary/aromatic N) is 2. The van der Waals surface area contributed by atoms with Crippen LogP contribution in [0.5, 0.6) is 0 Å². The summed E-state index contributed by atoms with van der Waals surface area (Å²) in [6.45, 7) is 0. The number of hydrogen-bond acceptors (Lipinski definition) is 3. The monoisotopic (exact) mass is 195 g/mol. The van der Waals surface area contributed by atoms with Crippen molar-refractivity contribution in [2.75, 3.05) is 5.32 Å². The largest absolute Gasteiger partial charge is 0.359 e. The Kier molecular flexibility index (Phi) is 1.75. The van der Waals surface area contributed by atoms with E-state index in [1.165, 1.54) is 0 Å². The van der Waals surface area contributed by atoms with Crippen molar-refractivity contribution in [1.82, 2.24) is 9.97 Å². The van der Waals surface area contributed by atoms with Gasteiger partial charge in [0, 0.05) is 24.2 Å². The first-order valence-electron chi connectivity index (χ1n) is 4.78. The molecular weight excluding hydrogens is 186 g/mol. The highest BCUT2D eigenvalue weighted by Crippen LogP contribution is 2.26. The Morgan fingerprint density at radius 1 is 1.00 bits per heavy atom. The zero-order valence-electron chi connectivity index (χ0n) is 8.01. The normalized spacial score (nSPS) is 13.3. The van der Waals surface area contributed by atoms with E-state index in [-0.39, 0.29) is 0 Å². The highest BCUT2D eigenvalue weighted by Gasteiger charge is 2.06. The lowest BCUT2D eigenvalue weighted by molar-refractivity contribution is 1.29. The molecule has 1 aliphatic heterocycles. The SMILES string of the molecule is C1=CNc2c(ccc3nccnc23)C=C1. The molecule has 0 fully saturated rings. The van der Waals surface area contributed by atoms with Crippen molar-refractivity contribution < 1.29 is 0 Å². The van der Waals surface area contributed by atoms with Gasteiger partial charge in [-0.05, 0) is 12.1 Å². The first-order valence-corrected chi connectivity index (χ1v) is 4.78. The topological polar surface area (TPSA) is 37.8 Å². The molecule has 2 aromatic rings. The van der Waals surface area contributed by atoms with E-state index >= 15 is 0 Å². The molecule has 0 unspecified atom stereocenters. The lowest BCUT2D eigenvalue weighted by atomic mass is 10.1. The third-order valence-electron chi connectivity index (χ3n) is 2.38. The third kappa shape index (κ3) is 1.29. The van der Waals surface area contributed by atoms with E-state index in [0.717, 1.165) is 22.3 Å². The van der Waals surface area contributed by atoms with Crippen LogP contribution in [-0.4, -0.2) is 9.97 Å². The van der Waals surface area contributed by atoms with E-state index in [9.17, 15) is 0 Å². The highest BCUT2D eigenvalue weighted by atomic mass is 14.9. The summed E-state index contributed by atoms with van der Waals surface area (Å²) in [5.74, 6) is 0. The Balaban J connectivity index is 2.38. The maximum atomic E-state index is 4.34. The van der Waals surface area contributed by atoms with Gasteiger partial charge < -0.3 is 5.32 Å². The lowest BCUT2D eigenvalue weighted by Crippen LogP contribution is -1.94. The summed E-state index contributed by atoms with van der Waals surface area (Å²) >= 11 is 0. The number of allylic oxidation sites excluding steroid dienone is 2. The molecule has 1 aliphatic rings. The van der Waals surface area contributed by atoms with Crippen molar-refractivity contribution in [3.8, 4) is 0 Å². The van der Waals surface area contributed by atoms with Crippen LogP contribution in [0.3, 0.4) is 0 Å². The minimum Gasteiger partial charge on any atom is -0.359 e. The second-order valence-corrected chi connectivity index (χ2v) is 3.32. The predicted molar refractivity (Wildman–Crippen MR) is 61.3 cm³/mol. The third-order valence-corrected chi connectivity index (χ3v) is 2.38. The summed E-state index contributed by atoms with van der Waals surface area (Å²) in [6.07, 6.45) is 11.3. The summed E-state index contributed by atoms with van der Waals surface area (Å²) in [5, 5.41) is 3.22. The Morgan fingerprint density at radius 3 is 2.93 bits per heavy atom. The number of anilines is 1. The van der Waals surface area contributed by atoms with E-state index in [4.69, 9.17) is 0 Å². The molecule has 3 heteroatoms. The Bertz CT molecular complexity index is 570. The van der Waals surface area contributed by atoms with Gasteiger partial charge in [-0.15, -0.1) is 0 Å². The summed E-state index contributed by atoms with van der Waals surface area (Å²) in [7, 11) is 0. The van der Waals surface area contributed by atoms with Crippen LogP contribution in [0.15, 0.2) is 42.9 Å². The second kappa shape index (κ2) is 3.20. The molecule has 1 N–H and O–H groups in total. The van der Waals surface area contributed by atoms with Crippen molar-refractivity contribution >= 4 is 22.8 Å². The molecule has 72 valence electrons. The average molecular weight is 195 g/mol. The van der Waals surface area contributed by atoms with Gasteiger partial charge in [0.15, 0.2) is 0 Å². The Morgan fingerprint density at radius 2 is 1.93 bits per heavy atom. The minimum absolute atomic E-state index is 0.909. The van der Waals surface area contributed by atoms with Crippen molar-refractivity contribution in [3.05, 3.63) is 48.4 Å². The molecule has 3 nitrogen and oxygen atoms in total. The molecule has 3 rings (SSSR count). The molecule has 0 spiro atoms. The number of aromatic nitrogens is 2. The van der Waals surface area contributed by atoms with Crippen LogP contribution in [0.4, 0.5) is 5.69 Å². The van der Waals surface area contributed by atoms with Crippen LogP contribution in [0.25, 0.3) is 17.1 Å². The van der Waals surface area contributed by atoms with Crippen LogP contribution in [0.1, 0.15) is 5.56 Å². The molecule has 0 atom stereocenters. The van der Waals surface area contributed by atoms with E-state index in [2.05, 4.69) is 21.4 Å². The van der Waals surface area contributed by atoms with E-state index in [1.807, 2.05) is 30.5 Å². The van der Waals surface area contributed by atoms with Crippen LogP contribution >= 0.6 is 0 Å². The highest BCUT2D eigenvalue weighted by molar-refractivity contribution is 5.93. The number of fused-ring (bicyclic) bond motifs is 3. The van der Waals surface area contributed by atoms with E-state index in [1.54, 1.807) is 12.4 Å². The van der Waals surface area contributed by atoms with Gasteiger partial charge in [0.2, 0.25) is 0 Å². The maximum absolute atomic E-state index is 4.34. The molecule has 2 heterocycles. The van der Waals surface area contributed by atoms with Crippen molar-refractivity contribution in [3.63, 3.8) is 0 Å². The number of hydrogen-bond donors (Lipinski definition) is 1. The summed E-state index contributed by atoms with van der Waals surface area (Å²) in [4.78, 5) is 8.61. The minimum atomic E-state index is 0.909. The fourth-order valence-electron chi connectivity index (χ4n) is 1.69. The molecule has 0 radical (unpaired) electrons. The summed E-state index contributed by atoms with van der Waals surface area (Å²) in [6, 6.07) is 4.03. The van der Waals surface area contributed by atoms with Crippen molar-refractivity contribution in [2.45, 2.75) is 0 Å². The van der Waals surface area contributed by atoms with Gasteiger partial charge in [0.1, 0.15) is 5.52 Å². The number of nitrogens with one attached hydrogen (secondary N) is 1. The summed E-state index contributed by atoms with van der Waals surface area (Å²) < 4.78 is 0. The Hall–Kier alpha value is -2.16. The molecule has 1 aromatic carbocycles. The van der Waals surface area contributed by atoms with Gasteiger partial charge in [-0.25, -0.2) is 0 Å². The van der Waals surface area contributed by atoms with Gasteiger partial charge in [0.05, 0.1) is 11.2 Å².